The monoisotopic (exact) mass is 310 g/mol. The first-order chi connectivity index (χ1) is 11.1. The van der Waals surface area contributed by atoms with Crippen LogP contribution in [-0.2, 0) is 4.79 Å². The minimum atomic E-state index is -0.788. The van der Waals surface area contributed by atoms with E-state index in [0.717, 1.165) is 0 Å². The molecule has 0 heterocycles. The van der Waals surface area contributed by atoms with Crippen LogP contribution in [0.3, 0.4) is 0 Å². The molecule has 2 atom stereocenters. The summed E-state index contributed by atoms with van der Waals surface area (Å²) in [6.07, 6.45) is 0.265. The maximum Gasteiger partial charge on any atom is 0.234 e. The number of carbonyl (C=O) groups excluding carboxylic acids is 2. The third-order valence-electron chi connectivity index (χ3n) is 3.79. The van der Waals surface area contributed by atoms with Crippen molar-refractivity contribution in [2.45, 2.75) is 12.5 Å². The third kappa shape index (κ3) is 3.26. The van der Waals surface area contributed by atoms with Crippen molar-refractivity contribution in [3.63, 3.8) is 0 Å². The Balaban J connectivity index is 1.72. The number of carbonyl (C=O) groups is 2. The Morgan fingerprint density at radius 3 is 2.39 bits per heavy atom. The van der Waals surface area contributed by atoms with Crippen LogP contribution in [0.15, 0.2) is 54.6 Å². The van der Waals surface area contributed by atoms with Gasteiger partial charge in [0.2, 0.25) is 11.9 Å². The highest BCUT2D eigenvalue weighted by molar-refractivity contribution is 6.09. The Kier molecular flexibility index (Phi) is 3.89. The van der Waals surface area contributed by atoms with E-state index in [2.05, 4.69) is 5.32 Å². The van der Waals surface area contributed by atoms with Gasteiger partial charge in [0.1, 0.15) is 5.92 Å². The first kappa shape index (κ1) is 14.9. The Bertz CT molecular complexity index is 773. The highest BCUT2D eigenvalue weighted by atomic mass is 16.6. The van der Waals surface area contributed by atoms with E-state index in [-0.39, 0.29) is 18.1 Å². The van der Waals surface area contributed by atoms with Gasteiger partial charge in [-0.3, -0.25) is 19.7 Å². The standard InChI is InChI=1S/C17H14N2O4/c20-16(11-5-2-1-3-6-11)12-7-4-8-13(9-12)18-17(21)14-10-15(14)19(22)23/h1-9,14-15H,10H2,(H,18,21)/t14-,15-/m0/s1. The number of rotatable bonds is 5. The molecule has 0 aliphatic heterocycles. The molecule has 6 heteroatoms. The number of nitrogens with zero attached hydrogens (tertiary/aromatic N) is 1. The second kappa shape index (κ2) is 6.00. The van der Waals surface area contributed by atoms with Crippen LogP contribution < -0.4 is 5.32 Å². The van der Waals surface area contributed by atoms with Gasteiger partial charge < -0.3 is 5.32 Å². The van der Waals surface area contributed by atoms with E-state index in [1.54, 1.807) is 48.5 Å². The molecule has 1 aliphatic carbocycles. The fraction of sp³-hybridized carbons (Fsp3) is 0.176. The van der Waals surface area contributed by atoms with E-state index in [4.69, 9.17) is 0 Å². The molecule has 0 spiro atoms. The molecular weight excluding hydrogens is 296 g/mol. The molecule has 1 amide bonds. The lowest BCUT2D eigenvalue weighted by atomic mass is 10.0. The normalized spacial score (nSPS) is 19.0. The van der Waals surface area contributed by atoms with Gasteiger partial charge in [0.15, 0.2) is 5.78 Å². The van der Waals surface area contributed by atoms with Crippen LogP contribution in [0.2, 0.25) is 0 Å². The first-order valence-electron chi connectivity index (χ1n) is 7.20. The molecule has 2 aromatic rings. The van der Waals surface area contributed by atoms with Crippen molar-refractivity contribution < 1.29 is 14.5 Å². The molecule has 0 unspecified atom stereocenters. The highest BCUT2D eigenvalue weighted by Gasteiger charge is 2.53. The summed E-state index contributed by atoms with van der Waals surface area (Å²) in [5.41, 5.74) is 1.48. The summed E-state index contributed by atoms with van der Waals surface area (Å²) in [5.74, 6) is -1.11. The summed E-state index contributed by atoms with van der Waals surface area (Å²) in [7, 11) is 0. The lowest BCUT2D eigenvalue weighted by molar-refractivity contribution is -0.497. The van der Waals surface area contributed by atoms with Gasteiger partial charge in [0.25, 0.3) is 0 Å². The van der Waals surface area contributed by atoms with Gasteiger partial charge in [-0.2, -0.15) is 0 Å². The summed E-state index contributed by atoms with van der Waals surface area (Å²) in [6.45, 7) is 0. The molecular formula is C17H14N2O4. The Morgan fingerprint density at radius 1 is 1.04 bits per heavy atom. The Morgan fingerprint density at radius 2 is 1.74 bits per heavy atom. The number of hydrogen-bond donors (Lipinski definition) is 1. The Hall–Kier alpha value is -3.02. The van der Waals surface area contributed by atoms with Crippen molar-refractivity contribution in [2.24, 2.45) is 5.92 Å². The van der Waals surface area contributed by atoms with Gasteiger partial charge in [-0.1, -0.05) is 42.5 Å². The number of hydrogen-bond acceptors (Lipinski definition) is 4. The minimum absolute atomic E-state index is 0.142. The van der Waals surface area contributed by atoms with E-state index >= 15 is 0 Å². The average Bonchev–Trinajstić information content (AvgIpc) is 3.36. The summed E-state index contributed by atoms with van der Waals surface area (Å²) in [5, 5.41) is 13.2. The Labute approximate surface area is 132 Å². The molecule has 2 aromatic carbocycles. The number of anilines is 1. The first-order valence-corrected chi connectivity index (χ1v) is 7.20. The molecule has 0 saturated heterocycles. The van der Waals surface area contributed by atoms with Crippen LogP contribution in [0.5, 0.6) is 0 Å². The SMILES string of the molecule is O=C(c1ccccc1)c1cccc(NC(=O)[C@H]2C[C@@H]2[N+](=O)[O-])c1. The predicted octanol–water partition coefficient (Wildman–Crippen LogP) is 2.52. The van der Waals surface area contributed by atoms with E-state index in [1.807, 2.05) is 6.07 Å². The second-order valence-electron chi connectivity index (χ2n) is 5.46. The largest absolute Gasteiger partial charge is 0.326 e. The quantitative estimate of drug-likeness (QED) is 0.522. The zero-order valence-electron chi connectivity index (χ0n) is 12.1. The number of nitro groups is 1. The van der Waals surface area contributed by atoms with Gasteiger partial charge in [0.05, 0.1) is 0 Å². The van der Waals surface area contributed by atoms with Crippen LogP contribution in [0.25, 0.3) is 0 Å². The van der Waals surface area contributed by atoms with Gasteiger partial charge in [0, 0.05) is 28.2 Å². The van der Waals surface area contributed by atoms with Crippen molar-refractivity contribution in [3.05, 3.63) is 75.8 Å². The van der Waals surface area contributed by atoms with Crippen LogP contribution in [-0.4, -0.2) is 22.7 Å². The molecule has 1 N–H and O–H groups in total. The molecule has 1 saturated carbocycles. The van der Waals surface area contributed by atoms with Crippen LogP contribution in [0.1, 0.15) is 22.3 Å². The number of benzene rings is 2. The molecule has 116 valence electrons. The maximum atomic E-state index is 12.4. The molecule has 0 radical (unpaired) electrons. The lowest BCUT2D eigenvalue weighted by Crippen LogP contribution is -2.18. The minimum Gasteiger partial charge on any atom is -0.326 e. The summed E-state index contributed by atoms with van der Waals surface area (Å²) < 4.78 is 0. The summed E-state index contributed by atoms with van der Waals surface area (Å²) in [4.78, 5) is 34.5. The van der Waals surface area contributed by atoms with E-state index in [9.17, 15) is 19.7 Å². The zero-order chi connectivity index (χ0) is 16.4. The molecule has 6 nitrogen and oxygen atoms in total. The molecule has 3 rings (SSSR count). The topological polar surface area (TPSA) is 89.3 Å². The summed E-state index contributed by atoms with van der Waals surface area (Å²) in [6, 6.07) is 14.6. The zero-order valence-corrected chi connectivity index (χ0v) is 12.1. The van der Waals surface area contributed by atoms with Crippen LogP contribution in [0, 0.1) is 16.0 Å². The van der Waals surface area contributed by atoms with Gasteiger partial charge in [-0.15, -0.1) is 0 Å². The molecule has 0 bridgehead atoms. The van der Waals surface area contributed by atoms with Crippen LogP contribution in [0.4, 0.5) is 5.69 Å². The lowest BCUT2D eigenvalue weighted by Gasteiger charge is -2.06. The van der Waals surface area contributed by atoms with Gasteiger partial charge in [-0.25, -0.2) is 0 Å². The van der Waals surface area contributed by atoms with Crippen molar-refractivity contribution in [3.8, 4) is 0 Å². The van der Waals surface area contributed by atoms with Crippen molar-refractivity contribution in [2.75, 3.05) is 5.32 Å². The third-order valence-corrected chi connectivity index (χ3v) is 3.79. The smallest absolute Gasteiger partial charge is 0.234 e. The predicted molar refractivity (Wildman–Crippen MR) is 83.8 cm³/mol. The average molecular weight is 310 g/mol. The summed E-state index contributed by atoms with van der Waals surface area (Å²) >= 11 is 0. The molecule has 1 fully saturated rings. The van der Waals surface area contributed by atoms with E-state index in [0.29, 0.717) is 16.8 Å². The van der Waals surface area contributed by atoms with Crippen molar-refractivity contribution in [1.29, 1.82) is 0 Å². The van der Waals surface area contributed by atoms with Gasteiger partial charge in [-0.05, 0) is 12.1 Å². The fourth-order valence-corrected chi connectivity index (χ4v) is 2.43. The van der Waals surface area contributed by atoms with Gasteiger partial charge >= 0.3 is 0 Å². The highest BCUT2D eigenvalue weighted by Crippen LogP contribution is 2.34. The van der Waals surface area contributed by atoms with Crippen molar-refractivity contribution in [1.82, 2.24) is 0 Å². The number of nitrogens with one attached hydrogen (secondary N) is 1. The molecule has 23 heavy (non-hydrogen) atoms. The molecule has 1 aliphatic rings. The number of amides is 1. The molecule has 0 aromatic heterocycles. The number of ketones is 1. The second-order valence-corrected chi connectivity index (χ2v) is 5.46. The van der Waals surface area contributed by atoms with Crippen molar-refractivity contribution >= 4 is 17.4 Å². The van der Waals surface area contributed by atoms with Crippen LogP contribution >= 0.6 is 0 Å². The maximum absolute atomic E-state index is 12.4. The van der Waals surface area contributed by atoms with E-state index in [1.165, 1.54) is 0 Å². The fourth-order valence-electron chi connectivity index (χ4n) is 2.43. The van der Waals surface area contributed by atoms with E-state index < -0.39 is 16.9 Å².